The lowest BCUT2D eigenvalue weighted by atomic mass is 10.1. The summed E-state index contributed by atoms with van der Waals surface area (Å²) >= 11 is 7.39. The third-order valence-corrected chi connectivity index (χ3v) is 4.12. The minimum atomic E-state index is -0.549. The summed E-state index contributed by atoms with van der Waals surface area (Å²) in [5, 5.41) is 16.4. The first-order valence-corrected chi connectivity index (χ1v) is 8.54. The summed E-state index contributed by atoms with van der Waals surface area (Å²) in [6, 6.07) is 11.4. The molecule has 0 unspecified atom stereocenters. The number of hydrogen-bond donors (Lipinski definition) is 2. The zero-order valence-corrected chi connectivity index (χ0v) is 15.7. The van der Waals surface area contributed by atoms with Gasteiger partial charge in [-0.1, -0.05) is 13.0 Å². The van der Waals surface area contributed by atoms with Gasteiger partial charge in [0.05, 0.1) is 4.92 Å². The van der Waals surface area contributed by atoms with Crippen LogP contribution in [0.4, 0.5) is 11.4 Å². The fourth-order valence-corrected chi connectivity index (χ4v) is 2.82. The third-order valence-electron chi connectivity index (χ3n) is 3.24. The Hall–Kier alpha value is -2.07. The van der Waals surface area contributed by atoms with E-state index in [4.69, 9.17) is 12.2 Å². The summed E-state index contributed by atoms with van der Waals surface area (Å²) in [5.41, 5.74) is 1.93. The van der Waals surface area contributed by atoms with E-state index in [0.29, 0.717) is 0 Å². The summed E-state index contributed by atoms with van der Waals surface area (Å²) in [6.07, 6.45) is 0.820. The molecular formula is C16H14IN3O3S. The van der Waals surface area contributed by atoms with Crippen molar-refractivity contribution in [3.63, 3.8) is 0 Å². The van der Waals surface area contributed by atoms with Crippen LogP contribution in [0.5, 0.6) is 0 Å². The van der Waals surface area contributed by atoms with Gasteiger partial charge in [0, 0.05) is 27.0 Å². The lowest BCUT2D eigenvalue weighted by Gasteiger charge is -2.13. The lowest BCUT2D eigenvalue weighted by Crippen LogP contribution is -2.34. The van der Waals surface area contributed by atoms with Gasteiger partial charge in [-0.25, -0.2) is 0 Å². The number of nitro groups is 1. The van der Waals surface area contributed by atoms with Crippen LogP contribution in [-0.2, 0) is 6.42 Å². The predicted molar refractivity (Wildman–Crippen MR) is 105 cm³/mol. The minimum absolute atomic E-state index is 0.141. The van der Waals surface area contributed by atoms with Crippen LogP contribution in [0.1, 0.15) is 22.8 Å². The molecule has 0 heterocycles. The molecule has 2 aromatic carbocycles. The predicted octanol–water partition coefficient (Wildman–Crippen LogP) is 3.89. The molecule has 0 bridgehead atoms. The number of carbonyl (C=O) groups is 1. The van der Waals surface area contributed by atoms with Crippen molar-refractivity contribution in [2.45, 2.75) is 13.3 Å². The fourth-order valence-electron chi connectivity index (χ4n) is 2.07. The van der Waals surface area contributed by atoms with E-state index in [0.717, 1.165) is 21.2 Å². The van der Waals surface area contributed by atoms with Gasteiger partial charge in [-0.05, 0) is 71.1 Å². The Kier molecular flexibility index (Phi) is 6.21. The number of benzene rings is 2. The maximum Gasteiger partial charge on any atom is 0.270 e. The Morgan fingerprint density at radius 1 is 1.29 bits per heavy atom. The van der Waals surface area contributed by atoms with Crippen molar-refractivity contribution in [3.05, 3.63) is 67.3 Å². The van der Waals surface area contributed by atoms with E-state index in [9.17, 15) is 14.9 Å². The highest BCUT2D eigenvalue weighted by Crippen LogP contribution is 2.19. The maximum atomic E-state index is 12.2. The Bertz CT molecular complexity index is 811. The van der Waals surface area contributed by atoms with Crippen molar-refractivity contribution in [2.24, 2.45) is 0 Å². The van der Waals surface area contributed by atoms with E-state index in [1.165, 1.54) is 24.3 Å². The summed E-state index contributed by atoms with van der Waals surface area (Å²) in [6.45, 7) is 2.03. The second kappa shape index (κ2) is 8.15. The van der Waals surface area contributed by atoms with E-state index in [-0.39, 0.29) is 16.4 Å². The molecule has 0 spiro atoms. The van der Waals surface area contributed by atoms with Gasteiger partial charge >= 0.3 is 0 Å². The van der Waals surface area contributed by atoms with Gasteiger partial charge in [-0.3, -0.25) is 20.2 Å². The van der Waals surface area contributed by atoms with Crippen molar-refractivity contribution in [3.8, 4) is 0 Å². The number of nitro benzene ring substituents is 1. The number of halogens is 1. The smallest absolute Gasteiger partial charge is 0.270 e. The number of nitrogens with one attached hydrogen (secondary N) is 2. The van der Waals surface area contributed by atoms with Crippen molar-refractivity contribution < 1.29 is 9.72 Å². The summed E-state index contributed by atoms with van der Waals surface area (Å²) < 4.78 is 1.11. The number of anilines is 1. The number of hydrogen-bond acceptors (Lipinski definition) is 4. The molecule has 2 rings (SSSR count). The van der Waals surface area contributed by atoms with Gasteiger partial charge < -0.3 is 5.32 Å². The Labute approximate surface area is 157 Å². The molecule has 2 aromatic rings. The van der Waals surface area contributed by atoms with Crippen molar-refractivity contribution in [1.29, 1.82) is 0 Å². The quantitative estimate of drug-likeness (QED) is 0.316. The number of thiocarbonyl (C=S) groups is 1. The van der Waals surface area contributed by atoms with Gasteiger partial charge in [-0.2, -0.15) is 0 Å². The van der Waals surface area contributed by atoms with Crippen LogP contribution in [-0.4, -0.2) is 15.9 Å². The van der Waals surface area contributed by atoms with Crippen molar-refractivity contribution in [2.75, 3.05) is 5.32 Å². The van der Waals surface area contributed by atoms with Gasteiger partial charge in [-0.15, -0.1) is 0 Å². The number of nitrogens with zero attached hydrogens (tertiary/aromatic N) is 1. The van der Waals surface area contributed by atoms with E-state index < -0.39 is 10.8 Å². The Morgan fingerprint density at radius 2 is 2.04 bits per heavy atom. The topological polar surface area (TPSA) is 84.3 Å². The highest BCUT2D eigenvalue weighted by atomic mass is 127. The van der Waals surface area contributed by atoms with Gasteiger partial charge in [0.1, 0.15) is 0 Å². The monoisotopic (exact) mass is 455 g/mol. The number of amides is 1. The van der Waals surface area contributed by atoms with Crippen LogP contribution in [0, 0.1) is 13.7 Å². The largest absolute Gasteiger partial charge is 0.332 e. The first kappa shape index (κ1) is 18.3. The maximum absolute atomic E-state index is 12.2. The summed E-state index contributed by atoms with van der Waals surface area (Å²) in [4.78, 5) is 22.4. The Balaban J connectivity index is 2.08. The highest BCUT2D eigenvalue weighted by Gasteiger charge is 2.13. The molecule has 6 nitrogen and oxygen atoms in total. The van der Waals surface area contributed by atoms with Gasteiger partial charge in [0.15, 0.2) is 5.11 Å². The van der Waals surface area contributed by atoms with E-state index in [1.807, 2.05) is 25.1 Å². The lowest BCUT2D eigenvalue weighted by molar-refractivity contribution is -0.384. The number of aryl methyl sites for hydroxylation is 1. The molecule has 0 atom stereocenters. The van der Waals surface area contributed by atoms with Gasteiger partial charge in [0.25, 0.3) is 11.6 Å². The molecule has 8 heteroatoms. The molecule has 0 aliphatic carbocycles. The van der Waals surface area contributed by atoms with Crippen LogP contribution in [0.2, 0.25) is 0 Å². The SMILES string of the molecule is CCc1cc(I)ccc1NC(=S)NC(=O)c1cccc([N+](=O)[O-])c1. The number of carbonyl (C=O) groups excluding carboxylic acids is 1. The molecule has 0 fully saturated rings. The fraction of sp³-hybridized carbons (Fsp3) is 0.125. The van der Waals surface area contributed by atoms with Crippen LogP contribution >= 0.6 is 34.8 Å². The average Bonchev–Trinajstić information content (AvgIpc) is 2.56. The van der Waals surface area contributed by atoms with Crippen molar-refractivity contribution >= 4 is 57.2 Å². The van der Waals surface area contributed by atoms with E-state index in [1.54, 1.807) is 0 Å². The van der Waals surface area contributed by atoms with Crippen LogP contribution in [0.3, 0.4) is 0 Å². The standard InChI is InChI=1S/C16H14IN3O3S/c1-2-10-8-12(17)6-7-14(10)18-16(24)19-15(21)11-4-3-5-13(9-11)20(22)23/h3-9H,2H2,1H3,(H2,18,19,21,24). The summed E-state index contributed by atoms with van der Waals surface area (Å²) in [5.74, 6) is -0.500. The zero-order chi connectivity index (χ0) is 17.7. The molecule has 0 radical (unpaired) electrons. The van der Waals surface area contributed by atoms with Crippen LogP contribution in [0.25, 0.3) is 0 Å². The van der Waals surface area contributed by atoms with E-state index in [2.05, 4.69) is 33.2 Å². The molecule has 0 saturated heterocycles. The van der Waals surface area contributed by atoms with Crippen molar-refractivity contribution in [1.82, 2.24) is 5.32 Å². The highest BCUT2D eigenvalue weighted by molar-refractivity contribution is 14.1. The first-order chi connectivity index (χ1) is 11.4. The van der Waals surface area contributed by atoms with Crippen LogP contribution in [0.15, 0.2) is 42.5 Å². The third kappa shape index (κ3) is 4.71. The van der Waals surface area contributed by atoms with Crippen LogP contribution < -0.4 is 10.6 Å². The molecule has 2 N–H and O–H groups in total. The average molecular weight is 455 g/mol. The Morgan fingerprint density at radius 3 is 2.71 bits per heavy atom. The first-order valence-electron chi connectivity index (χ1n) is 7.06. The molecule has 0 aromatic heterocycles. The molecule has 1 amide bonds. The normalized spacial score (nSPS) is 10.1. The van der Waals surface area contributed by atoms with E-state index >= 15 is 0 Å². The molecule has 0 aliphatic heterocycles. The second-order valence-electron chi connectivity index (χ2n) is 4.87. The van der Waals surface area contributed by atoms with Gasteiger partial charge in [0.2, 0.25) is 0 Å². The number of non-ortho nitro benzene ring substituents is 1. The number of rotatable bonds is 4. The minimum Gasteiger partial charge on any atom is -0.332 e. The molecule has 24 heavy (non-hydrogen) atoms. The molecule has 124 valence electrons. The second-order valence-corrected chi connectivity index (χ2v) is 6.52. The summed E-state index contributed by atoms with van der Waals surface area (Å²) in [7, 11) is 0. The molecule has 0 aliphatic rings. The zero-order valence-electron chi connectivity index (χ0n) is 12.7. The molecule has 0 saturated carbocycles. The molecular weight excluding hydrogens is 441 g/mol.